The molecular formula is C16H28N4O4S. The number of guanidine groups is 1. The zero-order chi connectivity index (χ0) is 18.7. The SMILES string of the molecule is CC(Cc1ccccc1)ON=C(N)N.NS(=O)(=O)OC1CCCCC1. The van der Waals surface area contributed by atoms with Gasteiger partial charge in [-0.1, -0.05) is 49.6 Å². The lowest BCUT2D eigenvalue weighted by Crippen LogP contribution is -2.25. The summed E-state index contributed by atoms with van der Waals surface area (Å²) >= 11 is 0. The average molecular weight is 372 g/mol. The van der Waals surface area contributed by atoms with E-state index in [0.717, 1.165) is 32.1 Å². The van der Waals surface area contributed by atoms with E-state index in [4.69, 9.17) is 21.4 Å². The van der Waals surface area contributed by atoms with Crippen LogP contribution in [0.4, 0.5) is 0 Å². The molecular weight excluding hydrogens is 344 g/mol. The minimum absolute atomic E-state index is 0.0282. The lowest BCUT2D eigenvalue weighted by molar-refractivity contribution is 0.0722. The van der Waals surface area contributed by atoms with E-state index in [0.29, 0.717) is 0 Å². The van der Waals surface area contributed by atoms with Crippen LogP contribution in [0.3, 0.4) is 0 Å². The van der Waals surface area contributed by atoms with Crippen molar-refractivity contribution in [2.24, 2.45) is 21.8 Å². The molecule has 1 aromatic rings. The number of hydrogen-bond donors (Lipinski definition) is 3. The fraction of sp³-hybridized carbons (Fsp3) is 0.562. The maximum absolute atomic E-state index is 10.5. The Morgan fingerprint density at radius 1 is 1.20 bits per heavy atom. The van der Waals surface area contributed by atoms with Gasteiger partial charge in [-0.05, 0) is 30.5 Å². The van der Waals surface area contributed by atoms with Gasteiger partial charge in [0.15, 0.2) is 0 Å². The quantitative estimate of drug-likeness (QED) is 0.391. The molecule has 1 unspecified atom stereocenters. The van der Waals surface area contributed by atoms with Gasteiger partial charge in [0.1, 0.15) is 6.10 Å². The third-order valence-electron chi connectivity index (χ3n) is 3.53. The Hall–Kier alpha value is -1.84. The number of hydrogen-bond acceptors (Lipinski definition) is 5. The van der Waals surface area contributed by atoms with Gasteiger partial charge in [0.25, 0.3) is 0 Å². The van der Waals surface area contributed by atoms with Crippen LogP contribution in [0.2, 0.25) is 0 Å². The van der Waals surface area contributed by atoms with Crippen LogP contribution >= 0.6 is 0 Å². The monoisotopic (exact) mass is 372 g/mol. The molecule has 0 bridgehead atoms. The highest BCUT2D eigenvalue weighted by Crippen LogP contribution is 2.20. The molecule has 1 aliphatic rings. The molecule has 1 fully saturated rings. The number of nitrogens with zero attached hydrogens (tertiary/aromatic N) is 1. The van der Waals surface area contributed by atoms with Gasteiger partial charge in [0, 0.05) is 6.42 Å². The highest BCUT2D eigenvalue weighted by molar-refractivity contribution is 7.84. The molecule has 0 spiro atoms. The first kappa shape index (κ1) is 21.2. The third kappa shape index (κ3) is 11.4. The predicted octanol–water partition coefficient (Wildman–Crippen LogP) is 1.36. The molecule has 0 aliphatic heterocycles. The number of benzene rings is 1. The molecule has 0 radical (unpaired) electrons. The van der Waals surface area contributed by atoms with E-state index in [1.165, 1.54) is 12.0 Å². The van der Waals surface area contributed by atoms with Crippen molar-refractivity contribution < 1.29 is 17.4 Å². The summed E-state index contributed by atoms with van der Waals surface area (Å²) < 4.78 is 25.5. The number of nitrogens with two attached hydrogens (primary N) is 3. The lowest BCUT2D eigenvalue weighted by atomic mass is 9.98. The minimum atomic E-state index is -3.72. The fourth-order valence-electron chi connectivity index (χ4n) is 2.49. The van der Waals surface area contributed by atoms with Crippen molar-refractivity contribution in [3.63, 3.8) is 0 Å². The molecule has 1 aliphatic carbocycles. The summed E-state index contributed by atoms with van der Waals surface area (Å²) in [4.78, 5) is 5.05. The fourth-order valence-corrected chi connectivity index (χ4v) is 3.06. The van der Waals surface area contributed by atoms with Crippen LogP contribution in [-0.2, 0) is 25.7 Å². The molecule has 142 valence electrons. The van der Waals surface area contributed by atoms with E-state index in [-0.39, 0.29) is 18.2 Å². The van der Waals surface area contributed by atoms with Gasteiger partial charge in [-0.2, -0.15) is 8.42 Å². The summed E-state index contributed by atoms with van der Waals surface area (Å²) in [6.45, 7) is 1.92. The molecule has 6 N–H and O–H groups in total. The first-order chi connectivity index (χ1) is 11.8. The number of rotatable bonds is 6. The Balaban J connectivity index is 0.000000257. The maximum Gasteiger partial charge on any atom is 0.333 e. The maximum atomic E-state index is 10.5. The molecule has 0 aromatic heterocycles. The smallest absolute Gasteiger partial charge is 0.333 e. The van der Waals surface area contributed by atoms with Crippen molar-refractivity contribution in [1.82, 2.24) is 0 Å². The second kappa shape index (κ2) is 10.9. The second-order valence-corrected chi connectivity index (χ2v) is 7.15. The highest BCUT2D eigenvalue weighted by Gasteiger charge is 2.18. The number of oxime groups is 1. The summed E-state index contributed by atoms with van der Waals surface area (Å²) in [5.74, 6) is -0.0510. The van der Waals surface area contributed by atoms with Crippen LogP contribution in [0.15, 0.2) is 35.5 Å². The Labute approximate surface area is 149 Å². The Kier molecular flexibility index (Phi) is 9.25. The zero-order valence-corrected chi connectivity index (χ0v) is 15.3. The topological polar surface area (TPSA) is 143 Å². The van der Waals surface area contributed by atoms with E-state index in [2.05, 4.69) is 9.34 Å². The third-order valence-corrected chi connectivity index (χ3v) is 4.07. The van der Waals surface area contributed by atoms with Crippen LogP contribution < -0.4 is 16.6 Å². The van der Waals surface area contributed by atoms with Gasteiger partial charge in [0.05, 0.1) is 6.10 Å². The van der Waals surface area contributed by atoms with Crippen molar-refractivity contribution in [2.75, 3.05) is 0 Å². The van der Waals surface area contributed by atoms with E-state index < -0.39 is 10.3 Å². The summed E-state index contributed by atoms with van der Waals surface area (Å²) in [7, 11) is -3.72. The summed E-state index contributed by atoms with van der Waals surface area (Å²) in [5, 5.41) is 8.21. The van der Waals surface area contributed by atoms with E-state index in [1.807, 2.05) is 37.3 Å². The van der Waals surface area contributed by atoms with E-state index >= 15 is 0 Å². The molecule has 0 amide bonds. The lowest BCUT2D eigenvalue weighted by Gasteiger charge is -2.19. The molecule has 0 heterocycles. The minimum Gasteiger partial charge on any atom is -0.390 e. The Morgan fingerprint density at radius 2 is 1.80 bits per heavy atom. The highest BCUT2D eigenvalue weighted by atomic mass is 32.2. The molecule has 1 saturated carbocycles. The first-order valence-corrected chi connectivity index (χ1v) is 9.73. The van der Waals surface area contributed by atoms with Crippen LogP contribution in [0.5, 0.6) is 0 Å². The van der Waals surface area contributed by atoms with Crippen LogP contribution in [-0.4, -0.2) is 26.6 Å². The van der Waals surface area contributed by atoms with Gasteiger partial charge in [-0.3, -0.25) is 4.18 Å². The van der Waals surface area contributed by atoms with Crippen LogP contribution in [0.25, 0.3) is 0 Å². The van der Waals surface area contributed by atoms with E-state index in [1.54, 1.807) is 0 Å². The van der Waals surface area contributed by atoms with Crippen molar-refractivity contribution >= 4 is 16.3 Å². The molecule has 0 saturated heterocycles. The summed E-state index contributed by atoms with van der Waals surface area (Å²) in [6, 6.07) is 10.0. The predicted molar refractivity (Wildman–Crippen MR) is 97.6 cm³/mol. The molecule has 1 aromatic carbocycles. The molecule has 8 nitrogen and oxygen atoms in total. The van der Waals surface area contributed by atoms with Crippen LogP contribution in [0, 0.1) is 0 Å². The zero-order valence-electron chi connectivity index (χ0n) is 14.5. The van der Waals surface area contributed by atoms with Gasteiger partial charge in [0.2, 0.25) is 5.96 Å². The summed E-state index contributed by atoms with van der Waals surface area (Å²) in [6.07, 6.45) is 5.48. The van der Waals surface area contributed by atoms with Gasteiger partial charge in [-0.25, -0.2) is 5.14 Å². The molecule has 2 rings (SSSR count). The van der Waals surface area contributed by atoms with Crippen molar-refractivity contribution in [3.8, 4) is 0 Å². The van der Waals surface area contributed by atoms with Crippen molar-refractivity contribution in [1.29, 1.82) is 0 Å². The molecule has 1 atom stereocenters. The van der Waals surface area contributed by atoms with Gasteiger partial charge < -0.3 is 16.3 Å². The van der Waals surface area contributed by atoms with Gasteiger partial charge in [-0.15, -0.1) is 0 Å². The largest absolute Gasteiger partial charge is 0.390 e. The first-order valence-electron chi connectivity index (χ1n) is 8.26. The normalized spacial score (nSPS) is 16.2. The standard InChI is InChI=1S/C10H15N3O.C6H13NO3S/c1-8(14-13-10(11)12)7-9-5-3-2-4-6-9;7-11(8,9)10-6-4-2-1-3-5-6/h2-6,8H,7H2,1H3,(H4,11,12,13);6H,1-5H2,(H2,7,8,9). The van der Waals surface area contributed by atoms with Crippen molar-refractivity contribution in [3.05, 3.63) is 35.9 Å². The van der Waals surface area contributed by atoms with Crippen molar-refractivity contribution in [2.45, 2.75) is 57.7 Å². The second-order valence-electron chi connectivity index (χ2n) is 5.97. The Bertz CT molecular complexity index is 612. The summed E-state index contributed by atoms with van der Waals surface area (Å²) in [5.41, 5.74) is 11.5. The van der Waals surface area contributed by atoms with Crippen LogP contribution in [0.1, 0.15) is 44.6 Å². The molecule has 9 heteroatoms. The average Bonchev–Trinajstić information content (AvgIpc) is 2.54. The molecule has 25 heavy (non-hydrogen) atoms. The Morgan fingerprint density at radius 3 is 2.32 bits per heavy atom. The van der Waals surface area contributed by atoms with Gasteiger partial charge >= 0.3 is 10.3 Å². The van der Waals surface area contributed by atoms with E-state index in [9.17, 15) is 8.42 Å².